The first-order valence-electron chi connectivity index (χ1n) is 6.49. The van der Waals surface area contributed by atoms with E-state index in [2.05, 4.69) is 0 Å². The molecule has 0 aromatic heterocycles. The van der Waals surface area contributed by atoms with E-state index in [4.69, 9.17) is 0 Å². The van der Waals surface area contributed by atoms with Gasteiger partial charge in [-0.2, -0.15) is 4.31 Å². The fourth-order valence-electron chi connectivity index (χ4n) is 2.61. The molecule has 7 heteroatoms. The van der Waals surface area contributed by atoms with E-state index in [1.165, 1.54) is 11.2 Å². The predicted molar refractivity (Wildman–Crippen MR) is 72.9 cm³/mol. The topological polar surface area (TPSA) is 77.9 Å². The van der Waals surface area contributed by atoms with Crippen LogP contribution in [0.15, 0.2) is 23.1 Å². The Morgan fingerprint density at radius 1 is 1.35 bits per heavy atom. The first-order valence-corrected chi connectivity index (χ1v) is 7.93. The Bertz CT molecular complexity index is 665. The molecule has 108 valence electrons. The molecule has 2 aliphatic rings. The van der Waals surface area contributed by atoms with Gasteiger partial charge in [-0.1, -0.05) is 6.07 Å². The minimum atomic E-state index is -3.57. The number of carbonyl (C=O) groups excluding carboxylic acids is 1. The molecule has 2 aliphatic heterocycles. The van der Waals surface area contributed by atoms with Gasteiger partial charge < -0.3 is 10.0 Å². The highest BCUT2D eigenvalue weighted by atomic mass is 32.2. The number of carbonyl (C=O) groups is 1. The number of amides is 1. The van der Waals surface area contributed by atoms with Crippen molar-refractivity contribution in [2.75, 3.05) is 24.5 Å². The lowest BCUT2D eigenvalue weighted by molar-refractivity contribution is -0.116. The molecule has 1 aromatic carbocycles. The molecule has 1 fully saturated rings. The van der Waals surface area contributed by atoms with Gasteiger partial charge in [0.25, 0.3) is 0 Å². The number of hydrogen-bond acceptors (Lipinski definition) is 4. The normalized spacial score (nSPS) is 19.8. The van der Waals surface area contributed by atoms with Crippen molar-refractivity contribution in [1.29, 1.82) is 0 Å². The lowest BCUT2D eigenvalue weighted by Crippen LogP contribution is -2.53. The van der Waals surface area contributed by atoms with Gasteiger partial charge in [0.15, 0.2) is 0 Å². The zero-order valence-electron chi connectivity index (χ0n) is 11.1. The number of nitrogens with zero attached hydrogens (tertiary/aromatic N) is 2. The summed E-state index contributed by atoms with van der Waals surface area (Å²) >= 11 is 0. The second kappa shape index (κ2) is 4.54. The van der Waals surface area contributed by atoms with E-state index in [1.807, 2.05) is 0 Å². The monoisotopic (exact) mass is 296 g/mol. The van der Waals surface area contributed by atoms with Gasteiger partial charge in [0, 0.05) is 32.2 Å². The Morgan fingerprint density at radius 3 is 2.65 bits per heavy atom. The van der Waals surface area contributed by atoms with Crippen LogP contribution in [0.3, 0.4) is 0 Å². The van der Waals surface area contributed by atoms with Crippen LogP contribution in [0.2, 0.25) is 0 Å². The summed E-state index contributed by atoms with van der Waals surface area (Å²) in [5.74, 6) is -0.0855. The molecule has 0 unspecified atom stereocenters. The number of sulfonamides is 1. The van der Waals surface area contributed by atoms with E-state index in [-0.39, 0.29) is 23.9 Å². The zero-order chi connectivity index (χ0) is 14.5. The van der Waals surface area contributed by atoms with Crippen LogP contribution in [0.25, 0.3) is 0 Å². The smallest absolute Gasteiger partial charge is 0.243 e. The number of fused-ring (bicyclic) bond motifs is 1. The van der Waals surface area contributed by atoms with Crippen LogP contribution in [-0.4, -0.2) is 49.5 Å². The summed E-state index contributed by atoms with van der Waals surface area (Å²) in [6.07, 6.45) is 0.172. The molecule has 3 rings (SSSR count). The molecule has 0 radical (unpaired) electrons. The minimum absolute atomic E-state index is 0.0855. The second-order valence-electron chi connectivity index (χ2n) is 5.19. The molecule has 1 amide bonds. The van der Waals surface area contributed by atoms with E-state index in [0.717, 1.165) is 12.0 Å². The van der Waals surface area contributed by atoms with Crippen LogP contribution in [0.4, 0.5) is 5.69 Å². The molecular weight excluding hydrogens is 280 g/mol. The lowest BCUT2D eigenvalue weighted by atomic mass is 10.2. The van der Waals surface area contributed by atoms with Gasteiger partial charge in [-0.25, -0.2) is 8.42 Å². The number of rotatable bonds is 2. The SMILES string of the molecule is CC(=O)N1CCc2ccc(S(=O)(=O)N3CC(O)C3)cc21. The van der Waals surface area contributed by atoms with Crippen molar-refractivity contribution in [2.45, 2.75) is 24.3 Å². The number of anilines is 1. The van der Waals surface area contributed by atoms with E-state index in [1.54, 1.807) is 23.1 Å². The summed E-state index contributed by atoms with van der Waals surface area (Å²) in [4.78, 5) is 13.3. The zero-order valence-corrected chi connectivity index (χ0v) is 11.9. The molecule has 6 nitrogen and oxygen atoms in total. The summed E-state index contributed by atoms with van der Waals surface area (Å²) in [5, 5.41) is 9.24. The van der Waals surface area contributed by atoms with E-state index in [9.17, 15) is 18.3 Å². The molecule has 0 atom stereocenters. The Labute approximate surface area is 117 Å². The van der Waals surface area contributed by atoms with Crippen LogP contribution < -0.4 is 4.90 Å². The third-order valence-corrected chi connectivity index (χ3v) is 5.63. The summed E-state index contributed by atoms with van der Waals surface area (Å²) < 4.78 is 25.9. The summed E-state index contributed by atoms with van der Waals surface area (Å²) in [6.45, 7) is 2.34. The summed E-state index contributed by atoms with van der Waals surface area (Å²) in [5.41, 5.74) is 1.67. The van der Waals surface area contributed by atoms with Crippen molar-refractivity contribution in [3.05, 3.63) is 23.8 Å². The van der Waals surface area contributed by atoms with Crippen molar-refractivity contribution in [1.82, 2.24) is 4.31 Å². The molecule has 0 saturated carbocycles. The first-order chi connectivity index (χ1) is 9.39. The van der Waals surface area contributed by atoms with Crippen LogP contribution in [-0.2, 0) is 21.2 Å². The van der Waals surface area contributed by atoms with Gasteiger partial charge in [0.2, 0.25) is 15.9 Å². The lowest BCUT2D eigenvalue weighted by Gasteiger charge is -2.34. The van der Waals surface area contributed by atoms with Crippen LogP contribution in [0, 0.1) is 0 Å². The number of benzene rings is 1. The van der Waals surface area contributed by atoms with Crippen molar-refractivity contribution in [3.63, 3.8) is 0 Å². The Morgan fingerprint density at radius 2 is 2.05 bits per heavy atom. The highest BCUT2D eigenvalue weighted by Crippen LogP contribution is 2.32. The van der Waals surface area contributed by atoms with Gasteiger partial charge in [-0.15, -0.1) is 0 Å². The number of hydrogen-bond donors (Lipinski definition) is 1. The standard InChI is InChI=1S/C13H16N2O4S/c1-9(16)15-5-4-10-2-3-12(6-13(10)15)20(18,19)14-7-11(17)8-14/h2-3,6,11,17H,4-5,7-8H2,1H3. The molecule has 1 aromatic rings. The molecule has 0 bridgehead atoms. The van der Waals surface area contributed by atoms with E-state index >= 15 is 0 Å². The van der Waals surface area contributed by atoms with Crippen molar-refractivity contribution in [3.8, 4) is 0 Å². The van der Waals surface area contributed by atoms with Crippen LogP contribution >= 0.6 is 0 Å². The fourth-order valence-corrected chi connectivity index (χ4v) is 4.14. The van der Waals surface area contributed by atoms with Crippen molar-refractivity contribution >= 4 is 21.6 Å². The Kier molecular flexibility index (Phi) is 3.07. The van der Waals surface area contributed by atoms with Crippen molar-refractivity contribution in [2.24, 2.45) is 0 Å². The van der Waals surface area contributed by atoms with E-state index < -0.39 is 16.1 Å². The third-order valence-electron chi connectivity index (χ3n) is 3.80. The molecule has 2 heterocycles. The first kappa shape index (κ1) is 13.5. The quantitative estimate of drug-likeness (QED) is 0.831. The predicted octanol–water partition coefficient (Wildman–Crippen LogP) is -0.0392. The van der Waals surface area contributed by atoms with Gasteiger partial charge in [-0.3, -0.25) is 4.79 Å². The number of β-amino-alcohol motifs (C(OH)–C–C–N with tert-alkyl or cyclic N) is 1. The maximum absolute atomic E-state index is 12.3. The molecule has 1 N–H and O–H groups in total. The Hall–Kier alpha value is -1.44. The molecule has 1 saturated heterocycles. The molecule has 20 heavy (non-hydrogen) atoms. The van der Waals surface area contributed by atoms with Crippen molar-refractivity contribution < 1.29 is 18.3 Å². The van der Waals surface area contributed by atoms with Crippen LogP contribution in [0.5, 0.6) is 0 Å². The fraction of sp³-hybridized carbons (Fsp3) is 0.462. The summed E-state index contributed by atoms with van der Waals surface area (Å²) in [7, 11) is -3.57. The van der Waals surface area contributed by atoms with Gasteiger partial charge >= 0.3 is 0 Å². The average Bonchev–Trinajstić information content (AvgIpc) is 2.77. The maximum atomic E-state index is 12.3. The number of aliphatic hydroxyl groups excluding tert-OH is 1. The maximum Gasteiger partial charge on any atom is 0.243 e. The third kappa shape index (κ3) is 2.02. The van der Waals surface area contributed by atoms with Gasteiger partial charge in [-0.05, 0) is 24.1 Å². The van der Waals surface area contributed by atoms with E-state index in [0.29, 0.717) is 12.2 Å². The van der Waals surface area contributed by atoms with Gasteiger partial charge in [0.05, 0.1) is 11.0 Å². The second-order valence-corrected chi connectivity index (χ2v) is 7.12. The summed E-state index contributed by atoms with van der Waals surface area (Å²) in [6, 6.07) is 4.90. The molecule has 0 aliphatic carbocycles. The molecular formula is C13H16N2O4S. The highest BCUT2D eigenvalue weighted by molar-refractivity contribution is 7.89. The number of aliphatic hydroxyl groups is 1. The minimum Gasteiger partial charge on any atom is -0.390 e. The Balaban J connectivity index is 1.97. The average molecular weight is 296 g/mol. The van der Waals surface area contributed by atoms with Gasteiger partial charge in [0.1, 0.15) is 0 Å². The van der Waals surface area contributed by atoms with Crippen LogP contribution in [0.1, 0.15) is 12.5 Å². The highest BCUT2D eigenvalue weighted by Gasteiger charge is 2.36. The largest absolute Gasteiger partial charge is 0.390 e. The molecule has 0 spiro atoms.